The number of nitrogens with one attached hydrogen (secondary N) is 1. The molecule has 0 spiro atoms. The summed E-state index contributed by atoms with van der Waals surface area (Å²) in [6.07, 6.45) is 1.94. The molecule has 0 saturated carbocycles. The molecule has 1 aliphatic heterocycles. The van der Waals surface area contributed by atoms with Crippen LogP contribution in [0.25, 0.3) is 0 Å². The molecule has 0 amide bonds. The maximum atomic E-state index is 5.99. The number of aryl methyl sites for hydroxylation is 1. The second-order valence-electron chi connectivity index (χ2n) is 5.19. The molecule has 0 radical (unpaired) electrons. The second-order valence-corrected chi connectivity index (χ2v) is 6.99. The number of aromatic amines is 1. The molecule has 1 saturated heterocycles. The van der Waals surface area contributed by atoms with E-state index in [1.54, 1.807) is 11.3 Å². The van der Waals surface area contributed by atoms with Crippen LogP contribution in [0.15, 0.2) is 12.1 Å². The number of hydrogen-bond donors (Lipinski definition) is 1. The van der Waals surface area contributed by atoms with Crippen molar-refractivity contribution in [2.24, 2.45) is 0 Å². The van der Waals surface area contributed by atoms with Gasteiger partial charge in [0.05, 0.1) is 10.9 Å². The summed E-state index contributed by atoms with van der Waals surface area (Å²) in [7, 11) is 0. The molecule has 21 heavy (non-hydrogen) atoms. The van der Waals surface area contributed by atoms with Gasteiger partial charge in [0.1, 0.15) is 11.9 Å². The van der Waals surface area contributed by atoms with E-state index in [1.165, 1.54) is 4.88 Å². The van der Waals surface area contributed by atoms with Crippen molar-refractivity contribution in [1.29, 1.82) is 0 Å². The molecule has 7 heteroatoms. The van der Waals surface area contributed by atoms with Gasteiger partial charge in [-0.2, -0.15) is 5.10 Å². The van der Waals surface area contributed by atoms with E-state index in [4.69, 9.17) is 16.3 Å². The summed E-state index contributed by atoms with van der Waals surface area (Å²) in [4.78, 5) is 8.18. The highest BCUT2D eigenvalue weighted by molar-refractivity contribution is 7.16. The molecular formula is C14H19ClN4OS. The molecule has 0 bridgehead atoms. The summed E-state index contributed by atoms with van der Waals surface area (Å²) < 4.78 is 6.66. The summed E-state index contributed by atoms with van der Waals surface area (Å²) in [6, 6.07) is 4.04. The molecule has 1 fully saturated rings. The minimum atomic E-state index is -0.0453. The van der Waals surface area contributed by atoms with Crippen molar-refractivity contribution < 1.29 is 4.74 Å². The number of hydrogen-bond acceptors (Lipinski definition) is 5. The largest absolute Gasteiger partial charge is 0.367 e. The van der Waals surface area contributed by atoms with Gasteiger partial charge in [-0.3, -0.25) is 10.00 Å². The lowest BCUT2D eigenvalue weighted by Crippen LogP contribution is -2.38. The Labute approximate surface area is 133 Å². The molecule has 0 aromatic carbocycles. The number of ether oxygens (including phenoxy) is 1. The van der Waals surface area contributed by atoms with Crippen LogP contribution >= 0.6 is 22.9 Å². The van der Waals surface area contributed by atoms with Crippen LogP contribution < -0.4 is 0 Å². The Hall–Kier alpha value is -0.950. The number of rotatable bonds is 5. The first-order valence-corrected chi connectivity index (χ1v) is 8.43. The summed E-state index contributed by atoms with van der Waals surface area (Å²) >= 11 is 7.62. The van der Waals surface area contributed by atoms with Crippen LogP contribution in [-0.2, 0) is 17.7 Å². The number of nitrogens with zero attached hydrogens (tertiary/aromatic N) is 3. The quantitative estimate of drug-likeness (QED) is 0.917. The van der Waals surface area contributed by atoms with Crippen LogP contribution in [0.1, 0.15) is 36.0 Å². The first kappa shape index (κ1) is 15.0. The van der Waals surface area contributed by atoms with Gasteiger partial charge in [-0.05, 0) is 18.6 Å². The number of morpholine rings is 1. The van der Waals surface area contributed by atoms with Gasteiger partial charge in [0.25, 0.3) is 0 Å². The zero-order chi connectivity index (χ0) is 14.7. The average molecular weight is 327 g/mol. The standard InChI is InChI=1S/C14H19ClN4OS/c1-2-3-13-16-14(18-17-13)11-9-19(6-7-20-11)8-10-4-5-12(15)21-10/h4-5,11H,2-3,6-9H2,1H3,(H,16,17,18)/t11-/m1/s1. The van der Waals surface area contributed by atoms with Crippen molar-refractivity contribution in [2.75, 3.05) is 19.7 Å². The molecular weight excluding hydrogens is 308 g/mol. The lowest BCUT2D eigenvalue weighted by atomic mass is 10.2. The molecule has 3 heterocycles. The molecule has 3 rings (SSSR count). The minimum Gasteiger partial charge on any atom is -0.367 e. The molecule has 0 unspecified atom stereocenters. The van der Waals surface area contributed by atoms with Crippen LogP contribution in [0.4, 0.5) is 0 Å². The van der Waals surface area contributed by atoms with E-state index >= 15 is 0 Å². The van der Waals surface area contributed by atoms with Gasteiger partial charge in [0, 0.05) is 30.9 Å². The van der Waals surface area contributed by atoms with Gasteiger partial charge in [0.2, 0.25) is 0 Å². The summed E-state index contributed by atoms with van der Waals surface area (Å²) in [5, 5.41) is 7.29. The number of H-pyrrole nitrogens is 1. The highest BCUT2D eigenvalue weighted by atomic mass is 35.5. The molecule has 2 aromatic heterocycles. The van der Waals surface area contributed by atoms with Gasteiger partial charge in [0.15, 0.2) is 5.82 Å². The second kappa shape index (κ2) is 6.87. The fourth-order valence-electron chi connectivity index (χ4n) is 2.46. The Kier molecular flexibility index (Phi) is 4.90. The molecule has 0 aliphatic carbocycles. The minimum absolute atomic E-state index is 0.0453. The molecule has 1 N–H and O–H groups in total. The van der Waals surface area contributed by atoms with Crippen molar-refractivity contribution in [3.05, 3.63) is 33.0 Å². The highest BCUT2D eigenvalue weighted by Gasteiger charge is 2.25. The number of halogens is 1. The monoisotopic (exact) mass is 326 g/mol. The van der Waals surface area contributed by atoms with Gasteiger partial charge >= 0.3 is 0 Å². The third kappa shape index (κ3) is 3.83. The third-order valence-corrected chi connectivity index (χ3v) is 4.70. The first-order valence-electron chi connectivity index (χ1n) is 7.24. The summed E-state index contributed by atoms with van der Waals surface area (Å²) in [5.41, 5.74) is 0. The number of aromatic nitrogens is 3. The first-order chi connectivity index (χ1) is 10.2. The van der Waals surface area contributed by atoms with Crippen molar-refractivity contribution in [3.63, 3.8) is 0 Å². The van der Waals surface area contributed by atoms with E-state index < -0.39 is 0 Å². The van der Waals surface area contributed by atoms with Crippen molar-refractivity contribution in [3.8, 4) is 0 Å². The van der Waals surface area contributed by atoms with E-state index in [0.717, 1.165) is 48.5 Å². The molecule has 1 aliphatic rings. The fourth-order valence-corrected chi connectivity index (χ4v) is 3.59. The smallest absolute Gasteiger partial charge is 0.180 e. The van der Waals surface area contributed by atoms with Crippen molar-refractivity contribution in [1.82, 2.24) is 20.1 Å². The maximum absolute atomic E-state index is 5.99. The lowest BCUT2D eigenvalue weighted by molar-refractivity contribution is -0.0367. The zero-order valence-electron chi connectivity index (χ0n) is 12.0. The topological polar surface area (TPSA) is 54.0 Å². The molecule has 2 aromatic rings. The fraction of sp³-hybridized carbons (Fsp3) is 0.571. The third-order valence-electron chi connectivity index (χ3n) is 3.48. The molecule has 114 valence electrons. The van der Waals surface area contributed by atoms with E-state index in [2.05, 4.69) is 33.1 Å². The number of thiophene rings is 1. The Morgan fingerprint density at radius 2 is 2.43 bits per heavy atom. The predicted molar refractivity (Wildman–Crippen MR) is 83.7 cm³/mol. The predicted octanol–water partition coefficient (Wildman–Crippen LogP) is 3.05. The molecule has 5 nitrogen and oxygen atoms in total. The van der Waals surface area contributed by atoms with E-state index in [1.807, 2.05) is 6.07 Å². The van der Waals surface area contributed by atoms with Crippen molar-refractivity contribution in [2.45, 2.75) is 32.4 Å². The zero-order valence-corrected chi connectivity index (χ0v) is 13.6. The van der Waals surface area contributed by atoms with E-state index in [0.29, 0.717) is 6.61 Å². The van der Waals surface area contributed by atoms with Crippen LogP contribution in [0.3, 0.4) is 0 Å². The maximum Gasteiger partial charge on any atom is 0.180 e. The average Bonchev–Trinajstić information content (AvgIpc) is 3.09. The summed E-state index contributed by atoms with van der Waals surface area (Å²) in [5.74, 6) is 1.71. The highest BCUT2D eigenvalue weighted by Crippen LogP contribution is 2.25. The SMILES string of the molecule is CCCc1nc([C@H]2CN(Cc3ccc(Cl)s3)CCO2)n[nH]1. The van der Waals surface area contributed by atoms with Crippen LogP contribution in [0, 0.1) is 0 Å². The van der Waals surface area contributed by atoms with Crippen LogP contribution in [-0.4, -0.2) is 39.8 Å². The summed E-state index contributed by atoms with van der Waals surface area (Å²) in [6.45, 7) is 5.50. The van der Waals surface area contributed by atoms with Gasteiger partial charge in [-0.1, -0.05) is 18.5 Å². The Bertz CT molecular complexity index is 585. The van der Waals surface area contributed by atoms with Crippen molar-refractivity contribution >= 4 is 22.9 Å². The van der Waals surface area contributed by atoms with Gasteiger partial charge in [-0.15, -0.1) is 11.3 Å². The van der Waals surface area contributed by atoms with Crippen LogP contribution in [0.2, 0.25) is 4.34 Å². The van der Waals surface area contributed by atoms with Gasteiger partial charge in [-0.25, -0.2) is 4.98 Å². The normalized spacial score (nSPS) is 20.0. The Morgan fingerprint density at radius 3 is 3.19 bits per heavy atom. The van der Waals surface area contributed by atoms with E-state index in [-0.39, 0.29) is 6.10 Å². The van der Waals surface area contributed by atoms with Gasteiger partial charge < -0.3 is 4.74 Å². The van der Waals surface area contributed by atoms with Crippen LogP contribution in [0.5, 0.6) is 0 Å². The lowest BCUT2D eigenvalue weighted by Gasteiger charge is -2.31. The Balaban J connectivity index is 1.61. The Morgan fingerprint density at radius 1 is 1.52 bits per heavy atom. The molecule has 1 atom stereocenters. The van der Waals surface area contributed by atoms with E-state index in [9.17, 15) is 0 Å².